The number of quaternary nitrogens is 1. The van der Waals surface area contributed by atoms with Crippen LogP contribution in [-0.2, 0) is 20.2 Å². The first-order valence-corrected chi connectivity index (χ1v) is 8.93. The maximum Gasteiger partial charge on any atom is 0.359 e. The monoisotopic (exact) mass is 330 g/mol. The molecule has 0 bridgehead atoms. The van der Waals surface area contributed by atoms with E-state index in [1.54, 1.807) is 0 Å². The molecule has 0 aliphatic heterocycles. The van der Waals surface area contributed by atoms with E-state index in [-0.39, 0.29) is 0 Å². The van der Waals surface area contributed by atoms with Crippen LogP contribution in [0.5, 0.6) is 0 Å². The van der Waals surface area contributed by atoms with E-state index < -0.39 is 18.9 Å². The molecule has 0 fully saturated rings. The van der Waals surface area contributed by atoms with Gasteiger partial charge in [-0.25, -0.2) is 0 Å². The maximum absolute atomic E-state index is 12.4. The smallest absolute Gasteiger partial charge is 0.359 e. The molecule has 1 unspecified atom stereocenters. The molecule has 0 aliphatic carbocycles. The average Bonchev–Trinajstić information content (AvgIpc) is 2.45. The molecule has 1 N–H and O–H groups in total. The zero-order chi connectivity index (χ0) is 17.0. The van der Waals surface area contributed by atoms with Crippen molar-refractivity contribution in [1.82, 2.24) is 0 Å². The van der Waals surface area contributed by atoms with Gasteiger partial charge in [0.2, 0.25) is 0 Å². The van der Waals surface area contributed by atoms with Gasteiger partial charge in [-0.1, -0.05) is 44.2 Å². The van der Waals surface area contributed by atoms with Crippen LogP contribution in [0.1, 0.15) is 19.4 Å². The van der Waals surface area contributed by atoms with Crippen LogP contribution in [-0.4, -0.2) is 50.3 Å². The summed E-state index contributed by atoms with van der Waals surface area (Å²) in [7, 11) is 3.26. The maximum atomic E-state index is 12.4. The van der Waals surface area contributed by atoms with E-state index in [1.165, 1.54) is 19.8 Å². The predicted molar refractivity (Wildman–Crippen MR) is 88.5 cm³/mol. The van der Waals surface area contributed by atoms with Crippen LogP contribution in [0.15, 0.2) is 30.3 Å². The zero-order valence-corrected chi connectivity index (χ0v) is 15.3. The number of benzene rings is 1. The fraction of sp³-hybridized carbons (Fsp3) is 0.625. The van der Waals surface area contributed by atoms with Crippen molar-refractivity contribution in [2.75, 3.05) is 34.9 Å². The van der Waals surface area contributed by atoms with Gasteiger partial charge in [0.1, 0.15) is 6.54 Å². The molecule has 0 radical (unpaired) electrons. The van der Waals surface area contributed by atoms with Gasteiger partial charge in [0, 0.05) is 19.8 Å². The molecule has 0 aliphatic rings. The van der Waals surface area contributed by atoms with Crippen LogP contribution in [0.4, 0.5) is 0 Å². The third kappa shape index (κ3) is 4.90. The van der Waals surface area contributed by atoms with Crippen molar-refractivity contribution in [2.24, 2.45) is 5.41 Å². The van der Waals surface area contributed by atoms with Gasteiger partial charge in [0.05, 0.1) is 26.1 Å². The molecule has 1 atom stereocenters. The second kappa shape index (κ2) is 7.24. The molecule has 0 saturated heterocycles. The third-order valence-corrected chi connectivity index (χ3v) is 6.11. The summed E-state index contributed by atoms with van der Waals surface area (Å²) in [6.45, 7) is 5.21. The summed E-state index contributed by atoms with van der Waals surface area (Å²) in [4.78, 5) is 0. The highest BCUT2D eigenvalue weighted by Gasteiger charge is 2.47. The highest BCUT2D eigenvalue weighted by molar-refractivity contribution is 7.54. The second-order valence-corrected chi connectivity index (χ2v) is 9.30. The Labute approximate surface area is 134 Å². The minimum Gasteiger partial charge on any atom is -0.380 e. The summed E-state index contributed by atoms with van der Waals surface area (Å²) in [6, 6.07) is 10.2. The van der Waals surface area contributed by atoms with Gasteiger partial charge in [-0.05, 0) is 0 Å². The van der Waals surface area contributed by atoms with E-state index in [4.69, 9.17) is 9.05 Å². The van der Waals surface area contributed by atoms with Crippen molar-refractivity contribution >= 4 is 7.60 Å². The quantitative estimate of drug-likeness (QED) is 0.588. The van der Waals surface area contributed by atoms with E-state index >= 15 is 0 Å². The summed E-state index contributed by atoms with van der Waals surface area (Å²) >= 11 is 0. The normalized spacial score (nSPS) is 14.9. The molecular formula is C16H29NO4P+. The van der Waals surface area contributed by atoms with Gasteiger partial charge in [0.15, 0.2) is 5.85 Å². The first-order chi connectivity index (χ1) is 10.1. The Morgan fingerprint density at radius 1 is 1.18 bits per heavy atom. The Hall–Kier alpha value is -0.710. The fourth-order valence-corrected chi connectivity index (χ4v) is 4.51. The standard InChI is InChI=1S/C16H29NO4P/c1-16(2,15(18)22(19,20-5)21-6)13-17(3,4)12-14-10-8-7-9-11-14/h7-11,15,18H,12-13H2,1-6H3/q+1. The number of hydrogen-bond acceptors (Lipinski definition) is 4. The van der Waals surface area contributed by atoms with Crippen molar-refractivity contribution in [1.29, 1.82) is 0 Å². The highest BCUT2D eigenvalue weighted by atomic mass is 31.2. The second-order valence-electron chi connectivity index (χ2n) is 7.00. The topological polar surface area (TPSA) is 55.8 Å². The Morgan fingerprint density at radius 3 is 2.14 bits per heavy atom. The van der Waals surface area contributed by atoms with Gasteiger partial charge < -0.3 is 18.6 Å². The van der Waals surface area contributed by atoms with E-state index in [0.29, 0.717) is 11.0 Å². The Kier molecular flexibility index (Phi) is 6.36. The minimum atomic E-state index is -3.52. The van der Waals surface area contributed by atoms with Crippen LogP contribution >= 0.6 is 7.60 Å². The number of nitrogens with zero attached hydrogens (tertiary/aromatic N) is 1. The number of aliphatic hydroxyl groups excluding tert-OH is 1. The fourth-order valence-electron chi connectivity index (χ4n) is 3.02. The van der Waals surface area contributed by atoms with Crippen LogP contribution in [0.3, 0.4) is 0 Å². The molecule has 5 nitrogen and oxygen atoms in total. The zero-order valence-electron chi connectivity index (χ0n) is 14.4. The largest absolute Gasteiger partial charge is 0.380 e. The van der Waals surface area contributed by atoms with E-state index in [9.17, 15) is 9.67 Å². The molecule has 1 rings (SSSR count). The lowest BCUT2D eigenvalue weighted by atomic mass is 9.92. The summed E-state index contributed by atoms with van der Waals surface area (Å²) in [5, 5.41) is 10.5. The summed E-state index contributed by atoms with van der Waals surface area (Å²) < 4.78 is 23.0. The van der Waals surface area contributed by atoms with Gasteiger partial charge in [-0.3, -0.25) is 4.57 Å². The van der Waals surface area contributed by atoms with Crippen molar-refractivity contribution in [2.45, 2.75) is 26.2 Å². The molecule has 0 heterocycles. The van der Waals surface area contributed by atoms with Crippen LogP contribution < -0.4 is 0 Å². The lowest BCUT2D eigenvalue weighted by molar-refractivity contribution is -0.910. The van der Waals surface area contributed by atoms with Crippen molar-refractivity contribution in [3.8, 4) is 0 Å². The van der Waals surface area contributed by atoms with E-state index in [1.807, 2.05) is 32.0 Å². The van der Waals surface area contributed by atoms with Crippen LogP contribution in [0, 0.1) is 5.41 Å². The van der Waals surface area contributed by atoms with Crippen LogP contribution in [0.2, 0.25) is 0 Å². The Bertz CT molecular complexity index is 508. The van der Waals surface area contributed by atoms with Crippen LogP contribution in [0.25, 0.3) is 0 Å². The predicted octanol–water partition coefficient (Wildman–Crippen LogP) is 3.09. The highest BCUT2D eigenvalue weighted by Crippen LogP contribution is 2.56. The Balaban J connectivity index is 2.87. The van der Waals surface area contributed by atoms with Gasteiger partial charge in [-0.15, -0.1) is 0 Å². The van der Waals surface area contributed by atoms with E-state index in [2.05, 4.69) is 26.2 Å². The first kappa shape index (κ1) is 19.3. The van der Waals surface area contributed by atoms with E-state index in [0.717, 1.165) is 6.54 Å². The average molecular weight is 330 g/mol. The third-order valence-electron chi connectivity index (χ3n) is 3.80. The molecule has 126 valence electrons. The Morgan fingerprint density at radius 2 is 1.68 bits per heavy atom. The van der Waals surface area contributed by atoms with Gasteiger partial charge >= 0.3 is 7.60 Å². The lowest BCUT2D eigenvalue weighted by Crippen LogP contribution is -2.49. The summed E-state index contributed by atoms with van der Waals surface area (Å²) in [5.74, 6) is -1.18. The minimum absolute atomic E-state index is 0.625. The van der Waals surface area contributed by atoms with Gasteiger partial charge in [0.25, 0.3) is 0 Å². The van der Waals surface area contributed by atoms with Crippen molar-refractivity contribution in [3.63, 3.8) is 0 Å². The molecular weight excluding hydrogens is 301 g/mol. The number of rotatable bonds is 8. The first-order valence-electron chi connectivity index (χ1n) is 7.31. The molecule has 0 spiro atoms. The van der Waals surface area contributed by atoms with Gasteiger partial charge in [-0.2, -0.15) is 0 Å². The molecule has 0 saturated carbocycles. The SMILES string of the molecule is COP(=O)(OC)C(O)C(C)(C)C[N+](C)(C)Cc1ccccc1. The number of aliphatic hydroxyl groups is 1. The summed E-state index contributed by atoms with van der Waals surface area (Å²) in [5.41, 5.74) is 0.597. The molecule has 0 aromatic heterocycles. The molecule has 1 aromatic rings. The molecule has 22 heavy (non-hydrogen) atoms. The van der Waals surface area contributed by atoms with Crippen molar-refractivity contribution < 1.29 is 23.2 Å². The molecule has 1 aromatic carbocycles. The number of hydrogen-bond donors (Lipinski definition) is 1. The molecule has 0 amide bonds. The lowest BCUT2D eigenvalue weighted by Gasteiger charge is -2.40. The van der Waals surface area contributed by atoms with Crippen molar-refractivity contribution in [3.05, 3.63) is 35.9 Å². The molecule has 6 heteroatoms. The summed E-state index contributed by atoms with van der Waals surface area (Å²) in [6.07, 6.45) is 0.